The van der Waals surface area contributed by atoms with Crippen LogP contribution in [-0.4, -0.2) is 24.8 Å². The van der Waals surface area contributed by atoms with E-state index in [1.165, 1.54) is 20.1 Å². The summed E-state index contributed by atoms with van der Waals surface area (Å²) < 4.78 is 32.6. The quantitative estimate of drug-likeness (QED) is 0.883. The van der Waals surface area contributed by atoms with E-state index in [0.717, 1.165) is 0 Å². The molecule has 0 aromatic heterocycles. The first kappa shape index (κ1) is 14.6. The lowest BCUT2D eigenvalue weighted by atomic mass is 9.94. The normalized spacial score (nSPS) is 12.5. The average molecular weight is 258 g/mol. The fourth-order valence-electron chi connectivity index (χ4n) is 1.86. The highest BCUT2D eigenvalue weighted by Gasteiger charge is 2.20. The molecule has 0 saturated carbocycles. The molecule has 0 saturated heterocycles. The van der Waals surface area contributed by atoms with Crippen molar-refractivity contribution in [2.75, 3.05) is 13.7 Å². The molecule has 0 aliphatic rings. The van der Waals surface area contributed by atoms with Crippen molar-refractivity contribution < 1.29 is 23.4 Å². The van der Waals surface area contributed by atoms with Crippen LogP contribution in [0.5, 0.6) is 0 Å². The topological polar surface area (TPSA) is 46.5 Å². The van der Waals surface area contributed by atoms with Crippen molar-refractivity contribution in [2.24, 2.45) is 0 Å². The molecule has 0 bridgehead atoms. The molecule has 1 N–H and O–H groups in total. The molecule has 0 aliphatic heterocycles. The van der Waals surface area contributed by atoms with Gasteiger partial charge in [-0.3, -0.25) is 4.79 Å². The Labute approximate surface area is 104 Å². The molecule has 1 atom stereocenters. The van der Waals surface area contributed by atoms with Crippen molar-refractivity contribution in [3.8, 4) is 0 Å². The Bertz CT molecular complexity index is 458. The van der Waals surface area contributed by atoms with E-state index in [4.69, 9.17) is 9.84 Å². The number of benzene rings is 1. The van der Waals surface area contributed by atoms with E-state index in [1.807, 2.05) is 0 Å². The fraction of sp³-hybridized carbons (Fsp3) is 0.462. The number of rotatable bonds is 5. The average Bonchev–Trinajstić information content (AvgIpc) is 2.29. The first-order valence-corrected chi connectivity index (χ1v) is 5.56. The summed E-state index contributed by atoms with van der Waals surface area (Å²) in [5, 5.41) is 8.70. The van der Waals surface area contributed by atoms with Crippen molar-refractivity contribution in [3.63, 3.8) is 0 Å². The lowest BCUT2D eigenvalue weighted by Gasteiger charge is -2.16. The SMILES string of the molecule is COCC(C)c1cc(CC(=O)O)c(F)c(C)c1F. The van der Waals surface area contributed by atoms with E-state index in [1.54, 1.807) is 6.92 Å². The van der Waals surface area contributed by atoms with Crippen molar-refractivity contribution in [1.29, 1.82) is 0 Å². The third-order valence-corrected chi connectivity index (χ3v) is 2.81. The van der Waals surface area contributed by atoms with Gasteiger partial charge in [0.1, 0.15) is 11.6 Å². The second kappa shape index (κ2) is 5.91. The lowest BCUT2D eigenvalue weighted by molar-refractivity contribution is -0.136. The molecule has 1 aromatic rings. The standard InChI is InChI=1S/C13H16F2O3/c1-7(6-18-3)10-4-9(5-11(16)17)12(14)8(2)13(10)15/h4,7H,5-6H2,1-3H3,(H,16,17). The first-order valence-electron chi connectivity index (χ1n) is 5.56. The molecule has 0 amide bonds. The highest BCUT2D eigenvalue weighted by Crippen LogP contribution is 2.26. The largest absolute Gasteiger partial charge is 0.481 e. The van der Waals surface area contributed by atoms with Crippen LogP contribution < -0.4 is 0 Å². The second-order valence-electron chi connectivity index (χ2n) is 4.30. The number of ether oxygens (including phenoxy) is 1. The summed E-state index contributed by atoms with van der Waals surface area (Å²) in [6.07, 6.45) is -0.459. The zero-order valence-electron chi connectivity index (χ0n) is 10.6. The summed E-state index contributed by atoms with van der Waals surface area (Å²) >= 11 is 0. The monoisotopic (exact) mass is 258 g/mol. The molecule has 5 heteroatoms. The third kappa shape index (κ3) is 3.04. The summed E-state index contributed by atoms with van der Waals surface area (Å²) in [6.45, 7) is 3.33. The Morgan fingerprint density at radius 1 is 1.44 bits per heavy atom. The summed E-state index contributed by atoms with van der Waals surface area (Å²) in [7, 11) is 1.49. The molecule has 1 rings (SSSR count). The van der Waals surface area contributed by atoms with Gasteiger partial charge in [-0.1, -0.05) is 6.92 Å². The van der Waals surface area contributed by atoms with Gasteiger partial charge < -0.3 is 9.84 Å². The van der Waals surface area contributed by atoms with Crippen LogP contribution in [0.1, 0.15) is 29.5 Å². The molecule has 0 radical (unpaired) electrons. The lowest BCUT2D eigenvalue weighted by Crippen LogP contribution is -2.11. The van der Waals surface area contributed by atoms with E-state index in [2.05, 4.69) is 0 Å². The Morgan fingerprint density at radius 2 is 2.06 bits per heavy atom. The minimum atomic E-state index is -1.15. The minimum Gasteiger partial charge on any atom is -0.481 e. The molecular formula is C13H16F2O3. The van der Waals surface area contributed by atoms with Crippen molar-refractivity contribution in [3.05, 3.63) is 34.4 Å². The van der Waals surface area contributed by atoms with Gasteiger partial charge in [0.15, 0.2) is 0 Å². The zero-order chi connectivity index (χ0) is 13.9. The second-order valence-corrected chi connectivity index (χ2v) is 4.30. The smallest absolute Gasteiger partial charge is 0.307 e. The molecular weight excluding hydrogens is 242 g/mol. The number of carbonyl (C=O) groups is 1. The van der Waals surface area contributed by atoms with Crippen LogP contribution >= 0.6 is 0 Å². The summed E-state index contributed by atoms with van der Waals surface area (Å²) in [5.74, 6) is -2.83. The van der Waals surface area contributed by atoms with Crippen LogP contribution in [0.4, 0.5) is 8.78 Å². The molecule has 100 valence electrons. The molecule has 0 heterocycles. The Hall–Kier alpha value is -1.49. The van der Waals surface area contributed by atoms with Crippen LogP contribution in [0.25, 0.3) is 0 Å². The van der Waals surface area contributed by atoms with Crippen LogP contribution in [-0.2, 0) is 16.0 Å². The summed E-state index contributed by atoms with van der Waals surface area (Å²) in [6, 6.07) is 1.27. The maximum atomic E-state index is 13.9. The fourth-order valence-corrected chi connectivity index (χ4v) is 1.86. The van der Waals surface area contributed by atoms with E-state index < -0.39 is 24.0 Å². The zero-order valence-corrected chi connectivity index (χ0v) is 10.6. The first-order chi connectivity index (χ1) is 8.38. The highest BCUT2D eigenvalue weighted by molar-refractivity contribution is 5.70. The number of aliphatic carboxylic acids is 1. The van der Waals surface area contributed by atoms with Gasteiger partial charge in [-0.05, 0) is 24.1 Å². The Morgan fingerprint density at radius 3 is 2.56 bits per heavy atom. The maximum Gasteiger partial charge on any atom is 0.307 e. The van der Waals surface area contributed by atoms with Crippen LogP contribution in [0.15, 0.2) is 6.07 Å². The molecule has 18 heavy (non-hydrogen) atoms. The number of hydrogen-bond donors (Lipinski definition) is 1. The predicted octanol–water partition coefficient (Wildman–Crippen LogP) is 2.65. The van der Waals surface area contributed by atoms with Gasteiger partial charge in [0.05, 0.1) is 13.0 Å². The number of halogens is 2. The minimum absolute atomic E-state index is 0.000599. The summed E-state index contributed by atoms with van der Waals surface area (Å²) in [4.78, 5) is 10.6. The summed E-state index contributed by atoms with van der Waals surface area (Å²) in [5.41, 5.74) is 0.137. The molecule has 0 aliphatic carbocycles. The van der Waals surface area contributed by atoms with E-state index in [-0.39, 0.29) is 29.2 Å². The van der Waals surface area contributed by atoms with Crippen molar-refractivity contribution >= 4 is 5.97 Å². The van der Waals surface area contributed by atoms with Gasteiger partial charge in [0.25, 0.3) is 0 Å². The molecule has 3 nitrogen and oxygen atoms in total. The Balaban J connectivity index is 3.26. The van der Waals surface area contributed by atoms with E-state index >= 15 is 0 Å². The van der Waals surface area contributed by atoms with Gasteiger partial charge in [0, 0.05) is 18.6 Å². The van der Waals surface area contributed by atoms with Crippen LogP contribution in [0.2, 0.25) is 0 Å². The Kier molecular flexibility index (Phi) is 4.78. The van der Waals surface area contributed by atoms with Gasteiger partial charge in [-0.2, -0.15) is 0 Å². The molecule has 1 aromatic carbocycles. The van der Waals surface area contributed by atoms with E-state index in [0.29, 0.717) is 0 Å². The van der Waals surface area contributed by atoms with Gasteiger partial charge in [-0.25, -0.2) is 8.78 Å². The maximum absolute atomic E-state index is 13.9. The molecule has 0 spiro atoms. The van der Waals surface area contributed by atoms with E-state index in [9.17, 15) is 13.6 Å². The predicted molar refractivity (Wildman–Crippen MR) is 62.7 cm³/mol. The third-order valence-electron chi connectivity index (χ3n) is 2.81. The highest BCUT2D eigenvalue weighted by atomic mass is 19.1. The van der Waals surface area contributed by atoms with Crippen LogP contribution in [0.3, 0.4) is 0 Å². The van der Waals surface area contributed by atoms with Gasteiger partial charge >= 0.3 is 5.97 Å². The van der Waals surface area contributed by atoms with Gasteiger partial charge in [-0.15, -0.1) is 0 Å². The van der Waals surface area contributed by atoms with Crippen LogP contribution in [0, 0.1) is 18.6 Å². The molecule has 0 fully saturated rings. The number of hydrogen-bond acceptors (Lipinski definition) is 2. The van der Waals surface area contributed by atoms with Crippen molar-refractivity contribution in [1.82, 2.24) is 0 Å². The number of carboxylic acid groups (broad SMARTS) is 1. The van der Waals surface area contributed by atoms with Crippen molar-refractivity contribution in [2.45, 2.75) is 26.2 Å². The van der Waals surface area contributed by atoms with Gasteiger partial charge in [0.2, 0.25) is 0 Å². The number of carboxylic acids is 1. The number of methoxy groups -OCH3 is 1. The molecule has 1 unspecified atom stereocenters.